The van der Waals surface area contributed by atoms with Gasteiger partial charge in [-0.25, -0.2) is 0 Å². The van der Waals surface area contributed by atoms with Crippen LogP contribution in [0.5, 0.6) is 0 Å². The molecule has 2 aromatic rings. The lowest BCUT2D eigenvalue weighted by Gasteiger charge is -2.19. The van der Waals surface area contributed by atoms with Gasteiger partial charge in [-0.15, -0.1) is 0 Å². The SMILES string of the molecule is O=C(c1c[nH]c2cc(Cl)ccc12)N1CCCCCC1. The molecule has 0 bridgehead atoms. The van der Waals surface area contributed by atoms with E-state index in [-0.39, 0.29) is 5.91 Å². The third kappa shape index (κ3) is 2.47. The number of carbonyl (C=O) groups excluding carboxylic acids is 1. The average Bonchev–Trinajstić information content (AvgIpc) is 2.64. The van der Waals surface area contributed by atoms with Gasteiger partial charge in [0.25, 0.3) is 5.91 Å². The summed E-state index contributed by atoms with van der Waals surface area (Å²) < 4.78 is 0. The van der Waals surface area contributed by atoms with E-state index in [1.807, 2.05) is 23.1 Å². The van der Waals surface area contributed by atoms with Gasteiger partial charge in [0.15, 0.2) is 0 Å². The van der Waals surface area contributed by atoms with Crippen LogP contribution in [-0.2, 0) is 0 Å². The van der Waals surface area contributed by atoms with Gasteiger partial charge in [-0.1, -0.05) is 30.5 Å². The summed E-state index contributed by atoms with van der Waals surface area (Å²) >= 11 is 5.96. The molecule has 1 N–H and O–H groups in total. The molecule has 3 nitrogen and oxygen atoms in total. The summed E-state index contributed by atoms with van der Waals surface area (Å²) in [6.45, 7) is 1.75. The summed E-state index contributed by atoms with van der Waals surface area (Å²) in [6, 6.07) is 5.60. The maximum Gasteiger partial charge on any atom is 0.256 e. The number of rotatable bonds is 1. The van der Waals surface area contributed by atoms with E-state index in [1.165, 1.54) is 12.8 Å². The number of nitrogens with zero attached hydrogens (tertiary/aromatic N) is 1. The van der Waals surface area contributed by atoms with E-state index in [2.05, 4.69) is 4.98 Å². The molecule has 0 spiro atoms. The van der Waals surface area contributed by atoms with Crippen LogP contribution in [0.3, 0.4) is 0 Å². The minimum atomic E-state index is 0.135. The van der Waals surface area contributed by atoms with E-state index in [4.69, 9.17) is 11.6 Å². The van der Waals surface area contributed by atoms with Crippen molar-refractivity contribution in [3.8, 4) is 0 Å². The number of likely N-dealkylation sites (tertiary alicyclic amines) is 1. The first kappa shape index (κ1) is 12.5. The highest BCUT2D eigenvalue weighted by Gasteiger charge is 2.20. The first-order valence-electron chi connectivity index (χ1n) is 6.81. The van der Waals surface area contributed by atoms with E-state index in [0.717, 1.165) is 42.4 Å². The lowest BCUT2D eigenvalue weighted by Crippen LogP contribution is -2.31. The molecule has 0 aliphatic carbocycles. The van der Waals surface area contributed by atoms with Crippen LogP contribution in [0.2, 0.25) is 5.02 Å². The van der Waals surface area contributed by atoms with E-state index in [1.54, 1.807) is 6.20 Å². The van der Waals surface area contributed by atoms with Crippen molar-refractivity contribution in [3.63, 3.8) is 0 Å². The Morgan fingerprint density at radius 2 is 1.89 bits per heavy atom. The fraction of sp³-hybridized carbons (Fsp3) is 0.400. The predicted octanol–water partition coefficient (Wildman–Crippen LogP) is 3.84. The number of fused-ring (bicyclic) bond motifs is 1. The molecule has 0 radical (unpaired) electrons. The van der Waals surface area contributed by atoms with Crippen LogP contribution in [0.25, 0.3) is 10.9 Å². The van der Waals surface area contributed by atoms with Crippen molar-refractivity contribution in [2.45, 2.75) is 25.7 Å². The van der Waals surface area contributed by atoms with Gasteiger partial charge in [0.05, 0.1) is 5.56 Å². The number of benzene rings is 1. The Labute approximate surface area is 117 Å². The first-order chi connectivity index (χ1) is 9.25. The summed E-state index contributed by atoms with van der Waals surface area (Å²) in [4.78, 5) is 17.7. The van der Waals surface area contributed by atoms with Crippen molar-refractivity contribution in [3.05, 3.63) is 35.0 Å². The minimum absolute atomic E-state index is 0.135. The Hall–Kier alpha value is -1.48. The molecule has 0 atom stereocenters. The van der Waals surface area contributed by atoms with Crippen LogP contribution in [0, 0.1) is 0 Å². The van der Waals surface area contributed by atoms with Crippen molar-refractivity contribution >= 4 is 28.4 Å². The molecule has 1 amide bonds. The molecule has 100 valence electrons. The highest BCUT2D eigenvalue weighted by Crippen LogP contribution is 2.24. The molecule has 1 aromatic heterocycles. The fourth-order valence-corrected chi connectivity index (χ4v) is 2.89. The zero-order valence-electron chi connectivity index (χ0n) is 10.8. The molecule has 3 rings (SSSR count). The first-order valence-corrected chi connectivity index (χ1v) is 7.19. The van der Waals surface area contributed by atoms with Gasteiger partial charge in [0.1, 0.15) is 0 Å². The summed E-state index contributed by atoms with van der Waals surface area (Å²) in [5.41, 5.74) is 1.68. The lowest BCUT2D eigenvalue weighted by atomic mass is 10.1. The second-order valence-corrected chi connectivity index (χ2v) is 5.54. The molecule has 1 fully saturated rings. The Balaban J connectivity index is 1.92. The Morgan fingerprint density at radius 1 is 1.16 bits per heavy atom. The fourth-order valence-electron chi connectivity index (χ4n) is 2.72. The topological polar surface area (TPSA) is 36.1 Å². The van der Waals surface area contributed by atoms with Crippen molar-refractivity contribution < 1.29 is 4.79 Å². The number of nitrogens with one attached hydrogen (secondary N) is 1. The molecule has 1 aromatic carbocycles. The highest BCUT2D eigenvalue weighted by molar-refractivity contribution is 6.31. The largest absolute Gasteiger partial charge is 0.360 e. The minimum Gasteiger partial charge on any atom is -0.360 e. The molecule has 1 aliphatic rings. The Kier molecular flexibility index (Phi) is 3.47. The zero-order chi connectivity index (χ0) is 13.2. The van der Waals surface area contributed by atoms with Crippen LogP contribution in [0.1, 0.15) is 36.0 Å². The number of amides is 1. The molecular weight excluding hydrogens is 260 g/mol. The molecule has 0 saturated carbocycles. The van der Waals surface area contributed by atoms with E-state index < -0.39 is 0 Å². The lowest BCUT2D eigenvalue weighted by molar-refractivity contribution is 0.0763. The molecular formula is C15H17ClN2O. The van der Waals surface area contributed by atoms with Crippen molar-refractivity contribution in [1.82, 2.24) is 9.88 Å². The van der Waals surface area contributed by atoms with Crippen LogP contribution < -0.4 is 0 Å². The molecule has 2 heterocycles. The smallest absolute Gasteiger partial charge is 0.256 e. The number of hydrogen-bond acceptors (Lipinski definition) is 1. The number of halogens is 1. The van der Waals surface area contributed by atoms with Crippen molar-refractivity contribution in [2.24, 2.45) is 0 Å². The van der Waals surface area contributed by atoms with Gasteiger partial charge < -0.3 is 9.88 Å². The summed E-state index contributed by atoms with van der Waals surface area (Å²) in [5, 5.41) is 1.64. The van der Waals surface area contributed by atoms with E-state index in [0.29, 0.717) is 5.02 Å². The maximum absolute atomic E-state index is 12.6. The summed E-state index contributed by atoms with van der Waals surface area (Å²) in [6.07, 6.45) is 6.48. The van der Waals surface area contributed by atoms with Gasteiger partial charge in [-0.2, -0.15) is 0 Å². The molecule has 0 unspecified atom stereocenters. The third-order valence-corrected chi connectivity index (χ3v) is 4.00. The number of aromatic nitrogens is 1. The van der Waals surface area contributed by atoms with E-state index in [9.17, 15) is 4.79 Å². The molecule has 19 heavy (non-hydrogen) atoms. The van der Waals surface area contributed by atoms with Crippen molar-refractivity contribution in [1.29, 1.82) is 0 Å². The van der Waals surface area contributed by atoms with E-state index >= 15 is 0 Å². The highest BCUT2D eigenvalue weighted by atomic mass is 35.5. The monoisotopic (exact) mass is 276 g/mol. The third-order valence-electron chi connectivity index (χ3n) is 3.77. The summed E-state index contributed by atoms with van der Waals surface area (Å²) in [5.74, 6) is 0.135. The second kappa shape index (κ2) is 5.25. The Bertz CT molecular complexity index is 597. The maximum atomic E-state index is 12.6. The average molecular weight is 277 g/mol. The van der Waals surface area contributed by atoms with Crippen molar-refractivity contribution in [2.75, 3.05) is 13.1 Å². The quantitative estimate of drug-likeness (QED) is 0.844. The van der Waals surface area contributed by atoms with Crippen LogP contribution in [0.15, 0.2) is 24.4 Å². The Morgan fingerprint density at radius 3 is 2.63 bits per heavy atom. The van der Waals surface area contributed by atoms with Gasteiger partial charge in [0.2, 0.25) is 0 Å². The number of carbonyl (C=O) groups is 1. The van der Waals surface area contributed by atoms with Crippen LogP contribution >= 0.6 is 11.6 Å². The van der Waals surface area contributed by atoms with Crippen LogP contribution in [0.4, 0.5) is 0 Å². The molecule has 1 saturated heterocycles. The molecule has 4 heteroatoms. The summed E-state index contributed by atoms with van der Waals surface area (Å²) in [7, 11) is 0. The normalized spacial score (nSPS) is 16.6. The van der Waals surface area contributed by atoms with Gasteiger partial charge in [-0.3, -0.25) is 4.79 Å². The van der Waals surface area contributed by atoms with Gasteiger partial charge in [0, 0.05) is 35.2 Å². The predicted molar refractivity (Wildman–Crippen MR) is 77.7 cm³/mol. The zero-order valence-corrected chi connectivity index (χ0v) is 11.5. The number of aromatic amines is 1. The number of hydrogen-bond donors (Lipinski definition) is 1. The van der Waals surface area contributed by atoms with Crippen LogP contribution in [-0.4, -0.2) is 28.9 Å². The van der Waals surface area contributed by atoms with Gasteiger partial charge in [-0.05, 0) is 25.0 Å². The number of H-pyrrole nitrogens is 1. The second-order valence-electron chi connectivity index (χ2n) is 5.10. The molecule has 1 aliphatic heterocycles. The standard InChI is InChI=1S/C15H17ClN2O/c16-11-5-6-12-13(10-17-14(12)9-11)15(19)18-7-3-1-2-4-8-18/h5-6,9-10,17H,1-4,7-8H2. The van der Waals surface area contributed by atoms with Gasteiger partial charge >= 0.3 is 0 Å².